The molecule has 4 rings (SSSR count). The van der Waals surface area contributed by atoms with Crippen molar-refractivity contribution in [3.8, 4) is 0 Å². The van der Waals surface area contributed by atoms with Crippen molar-refractivity contribution in [1.29, 1.82) is 0 Å². The van der Waals surface area contributed by atoms with Crippen LogP contribution in [0.2, 0.25) is 0 Å². The zero-order chi connectivity index (χ0) is 18.9. The van der Waals surface area contributed by atoms with Gasteiger partial charge in [0.15, 0.2) is 0 Å². The Bertz CT molecular complexity index is 542. The van der Waals surface area contributed by atoms with Crippen LogP contribution >= 0.6 is 0 Å². The van der Waals surface area contributed by atoms with Crippen LogP contribution in [0.25, 0.3) is 0 Å². The predicted octanol–water partition coefficient (Wildman–Crippen LogP) is 1.87. The molecule has 0 spiro atoms. The largest absolute Gasteiger partial charge is 0.480 e. The molecule has 4 saturated carbocycles. The molecule has 0 aliphatic heterocycles. The van der Waals surface area contributed by atoms with Crippen molar-refractivity contribution >= 4 is 17.9 Å². The van der Waals surface area contributed by atoms with Crippen LogP contribution in [0.5, 0.6) is 0 Å². The fourth-order valence-electron chi connectivity index (χ4n) is 5.68. The van der Waals surface area contributed by atoms with Gasteiger partial charge in [0.2, 0.25) is 5.91 Å². The van der Waals surface area contributed by atoms with Gasteiger partial charge in [0.25, 0.3) is 0 Å². The second-order valence-corrected chi connectivity index (χ2v) is 8.78. The number of rotatable bonds is 7. The van der Waals surface area contributed by atoms with Crippen molar-refractivity contribution in [3.05, 3.63) is 0 Å². The number of carboxylic acids is 1. The summed E-state index contributed by atoms with van der Waals surface area (Å²) in [5.41, 5.74) is -0.146. The van der Waals surface area contributed by atoms with Crippen LogP contribution in [0, 0.1) is 23.7 Å². The van der Waals surface area contributed by atoms with Gasteiger partial charge >= 0.3 is 12.0 Å². The minimum Gasteiger partial charge on any atom is -0.480 e. The van der Waals surface area contributed by atoms with E-state index in [0.717, 1.165) is 19.3 Å². The van der Waals surface area contributed by atoms with Gasteiger partial charge in [-0.3, -0.25) is 20.2 Å². The fraction of sp³-hybridized carbons (Fsp3) is 0.842. The number of hydrogen-bond donors (Lipinski definition) is 4. The highest BCUT2D eigenvalue weighted by atomic mass is 16.4. The molecule has 0 aromatic rings. The third-order valence-electron chi connectivity index (χ3n) is 6.63. The van der Waals surface area contributed by atoms with Gasteiger partial charge in [-0.15, -0.1) is 0 Å². The van der Waals surface area contributed by atoms with Gasteiger partial charge < -0.3 is 10.4 Å². The van der Waals surface area contributed by atoms with Gasteiger partial charge in [0.05, 0.1) is 6.54 Å². The highest BCUT2D eigenvalue weighted by molar-refractivity contribution is 5.95. The Balaban J connectivity index is 1.47. The molecule has 4 fully saturated rings. The molecule has 4 N–H and O–H groups in total. The number of carbonyl (C=O) groups excluding carboxylic acids is 2. The maximum atomic E-state index is 12.3. The Morgan fingerprint density at radius 3 is 2.08 bits per heavy atom. The van der Waals surface area contributed by atoms with Crippen LogP contribution in [0.15, 0.2) is 0 Å². The topological polar surface area (TPSA) is 108 Å². The van der Waals surface area contributed by atoms with E-state index in [1.807, 2.05) is 13.8 Å². The number of urea groups is 1. The molecule has 4 aliphatic rings. The summed E-state index contributed by atoms with van der Waals surface area (Å²) < 4.78 is 0. The van der Waals surface area contributed by atoms with Crippen LogP contribution in [0.4, 0.5) is 4.79 Å². The molecule has 0 aromatic heterocycles. The lowest BCUT2D eigenvalue weighted by molar-refractivity contribution is -0.140. The number of aliphatic carboxylic acids is 1. The monoisotopic (exact) mass is 365 g/mol. The van der Waals surface area contributed by atoms with Crippen molar-refractivity contribution in [2.24, 2.45) is 23.7 Å². The predicted molar refractivity (Wildman–Crippen MR) is 96.5 cm³/mol. The van der Waals surface area contributed by atoms with E-state index in [1.165, 1.54) is 19.3 Å². The van der Waals surface area contributed by atoms with E-state index in [9.17, 15) is 19.5 Å². The van der Waals surface area contributed by atoms with Crippen LogP contribution in [-0.4, -0.2) is 41.1 Å². The summed E-state index contributed by atoms with van der Waals surface area (Å²) in [5, 5.41) is 17.4. The zero-order valence-electron chi connectivity index (χ0n) is 15.7. The molecule has 0 saturated heterocycles. The van der Waals surface area contributed by atoms with Gasteiger partial charge in [-0.2, -0.15) is 0 Å². The first-order valence-corrected chi connectivity index (χ1v) is 9.88. The second-order valence-electron chi connectivity index (χ2n) is 8.78. The molecule has 26 heavy (non-hydrogen) atoms. The third kappa shape index (κ3) is 4.19. The van der Waals surface area contributed by atoms with E-state index < -0.39 is 23.9 Å². The lowest BCUT2D eigenvalue weighted by Gasteiger charge is -2.56. The fourth-order valence-corrected chi connectivity index (χ4v) is 5.68. The number of amides is 3. The number of carbonyl (C=O) groups is 3. The molecule has 2 atom stereocenters. The highest BCUT2D eigenvalue weighted by Gasteiger charge is 2.51. The summed E-state index contributed by atoms with van der Waals surface area (Å²) in [7, 11) is 0. The number of carboxylic acid groups (broad SMARTS) is 1. The molecule has 0 radical (unpaired) electrons. The van der Waals surface area contributed by atoms with Crippen LogP contribution in [0.1, 0.15) is 58.8 Å². The molecular formula is C19H31N3O4. The Kier molecular flexibility index (Phi) is 5.55. The lowest BCUT2D eigenvalue weighted by Crippen LogP contribution is -2.62. The number of hydrogen-bond acceptors (Lipinski definition) is 4. The average Bonchev–Trinajstić information content (AvgIpc) is 2.52. The smallest absolute Gasteiger partial charge is 0.321 e. The lowest BCUT2D eigenvalue weighted by atomic mass is 9.53. The maximum absolute atomic E-state index is 12.3. The summed E-state index contributed by atoms with van der Waals surface area (Å²) in [5.74, 6) is 0.565. The van der Waals surface area contributed by atoms with Crippen molar-refractivity contribution in [1.82, 2.24) is 16.0 Å². The van der Waals surface area contributed by atoms with Gasteiger partial charge in [-0.25, -0.2) is 4.79 Å². The molecular weight excluding hydrogens is 334 g/mol. The second kappa shape index (κ2) is 7.55. The summed E-state index contributed by atoms with van der Waals surface area (Å²) in [6.07, 6.45) is 7.63. The van der Waals surface area contributed by atoms with Crippen LogP contribution in [0.3, 0.4) is 0 Å². The minimum atomic E-state index is -0.981. The van der Waals surface area contributed by atoms with Gasteiger partial charge in [-0.1, -0.05) is 20.3 Å². The first kappa shape index (κ1) is 19.1. The maximum Gasteiger partial charge on any atom is 0.321 e. The Morgan fingerprint density at radius 2 is 1.62 bits per heavy atom. The van der Waals surface area contributed by atoms with E-state index in [2.05, 4.69) is 16.0 Å². The molecule has 4 bridgehead atoms. The van der Waals surface area contributed by atoms with E-state index in [4.69, 9.17) is 0 Å². The van der Waals surface area contributed by atoms with E-state index in [1.54, 1.807) is 0 Å². The van der Waals surface area contributed by atoms with Crippen molar-refractivity contribution in [3.63, 3.8) is 0 Å². The Morgan fingerprint density at radius 1 is 1.08 bits per heavy atom. The first-order chi connectivity index (χ1) is 12.3. The molecule has 146 valence electrons. The average molecular weight is 365 g/mol. The SMILES string of the molecule is CC[C@H](C)[C@H](NCC(=O)NC(=O)NC12CC3CC(CC(C3)C1)C2)C(=O)O. The normalized spacial score (nSPS) is 34.2. The number of nitrogens with one attached hydrogen (secondary N) is 3. The van der Waals surface area contributed by atoms with Gasteiger partial charge in [0.1, 0.15) is 6.04 Å². The Hall–Kier alpha value is -1.63. The highest BCUT2D eigenvalue weighted by Crippen LogP contribution is 2.55. The van der Waals surface area contributed by atoms with E-state index in [0.29, 0.717) is 24.2 Å². The van der Waals surface area contributed by atoms with E-state index in [-0.39, 0.29) is 18.0 Å². The summed E-state index contributed by atoms with van der Waals surface area (Å²) in [4.78, 5) is 35.6. The summed E-state index contributed by atoms with van der Waals surface area (Å²) in [6.45, 7) is 3.54. The third-order valence-corrected chi connectivity index (χ3v) is 6.63. The van der Waals surface area contributed by atoms with E-state index >= 15 is 0 Å². The molecule has 7 nitrogen and oxygen atoms in total. The van der Waals surface area contributed by atoms with Crippen molar-refractivity contribution in [2.75, 3.05) is 6.54 Å². The van der Waals surface area contributed by atoms with Gasteiger partial charge in [0, 0.05) is 5.54 Å². The first-order valence-electron chi connectivity index (χ1n) is 9.88. The van der Waals surface area contributed by atoms with Crippen LogP contribution in [-0.2, 0) is 9.59 Å². The molecule has 7 heteroatoms. The molecule has 4 aliphatic carbocycles. The molecule has 0 heterocycles. The zero-order valence-corrected chi connectivity index (χ0v) is 15.7. The Labute approximate surface area is 154 Å². The molecule has 0 aromatic carbocycles. The van der Waals surface area contributed by atoms with Crippen molar-refractivity contribution in [2.45, 2.75) is 70.4 Å². The van der Waals surface area contributed by atoms with Crippen molar-refractivity contribution < 1.29 is 19.5 Å². The minimum absolute atomic E-state index is 0.0962. The summed E-state index contributed by atoms with van der Waals surface area (Å²) in [6, 6.07) is -1.24. The standard InChI is InChI=1S/C19H31N3O4/c1-3-11(2)16(17(24)25)20-10-15(23)21-18(26)22-19-7-12-4-13(8-19)6-14(5-12)9-19/h11-14,16,20H,3-10H2,1-2H3,(H,24,25)(H2,21,22,23,26)/t11-,12?,13?,14?,16-,19?/m0/s1. The molecule has 3 amide bonds. The summed E-state index contributed by atoms with van der Waals surface area (Å²) >= 11 is 0. The number of imide groups is 1. The van der Waals surface area contributed by atoms with Gasteiger partial charge in [-0.05, 0) is 62.2 Å². The molecule has 0 unspecified atom stereocenters. The van der Waals surface area contributed by atoms with Crippen LogP contribution < -0.4 is 16.0 Å². The quantitative estimate of drug-likeness (QED) is 0.551.